The maximum absolute atomic E-state index is 14.4. The standard InChI is InChI=1S/C51H79NO13.C5H9NO4/c1-30-16-12-11-13-17-31(2)42(61-8)28-38-21-19-36(7)51(60,65-38)48(57)49(58)52-23-15-14-18-39(52)50(59)64-43(33(4)26-37-20-22-40(53)44(27-37)62-9)29-41(54)32(3)25-35(6)46(56)47(63-10)45(55)34(5)24-30;6-4(5(9)10)1-3(8)2-7/h11-13,16-17,25,30,32-34,36-40,42-44,46-47,53,56,60H,14-15,18-24,26-29H2,1-10H3;4,7H,1-2,6H2,(H,9,10)/b13-11+,16-12+,31-17+,35-25+;/t30-,32-,33-,34-,36-,37+,38+,39+,40-,42+,43+,44-,46-,47+,51-;4-/m10/s1. The van der Waals surface area contributed by atoms with Crippen molar-refractivity contribution in [2.24, 2.45) is 41.2 Å². The van der Waals surface area contributed by atoms with Gasteiger partial charge in [-0.05, 0) is 107 Å². The van der Waals surface area contributed by atoms with Gasteiger partial charge in [-0.3, -0.25) is 28.8 Å². The van der Waals surface area contributed by atoms with E-state index in [-0.39, 0.29) is 61.2 Å². The van der Waals surface area contributed by atoms with Gasteiger partial charge in [-0.25, -0.2) is 4.79 Å². The number of aliphatic carboxylic acids is 1. The van der Waals surface area contributed by atoms with Crippen molar-refractivity contribution in [3.63, 3.8) is 0 Å². The zero-order valence-corrected chi connectivity index (χ0v) is 45.9. The maximum Gasteiger partial charge on any atom is 0.329 e. The van der Waals surface area contributed by atoms with Crippen LogP contribution < -0.4 is 5.73 Å². The van der Waals surface area contributed by atoms with Gasteiger partial charge in [-0.2, -0.15) is 0 Å². The number of ketones is 4. The molecule has 1 aliphatic carbocycles. The van der Waals surface area contributed by atoms with Crippen LogP contribution in [0, 0.1) is 35.5 Å². The Balaban J connectivity index is 0.00000134. The first-order valence-electron chi connectivity index (χ1n) is 26.6. The van der Waals surface area contributed by atoms with E-state index in [1.165, 1.54) is 12.0 Å². The van der Waals surface area contributed by atoms with E-state index in [4.69, 9.17) is 39.6 Å². The molecule has 1 saturated carbocycles. The molecule has 424 valence electrons. The summed E-state index contributed by atoms with van der Waals surface area (Å²) in [5.74, 6) is -9.75. The van der Waals surface area contributed by atoms with Crippen molar-refractivity contribution in [1.29, 1.82) is 0 Å². The van der Waals surface area contributed by atoms with Crippen molar-refractivity contribution >= 4 is 41.0 Å². The highest BCUT2D eigenvalue weighted by atomic mass is 16.6. The molecule has 2 saturated heterocycles. The summed E-state index contributed by atoms with van der Waals surface area (Å²) in [5, 5.41) is 50.2. The Kier molecular flexibility index (Phi) is 27.0. The number of esters is 1. The molecule has 75 heavy (non-hydrogen) atoms. The fourth-order valence-corrected chi connectivity index (χ4v) is 10.5. The highest BCUT2D eigenvalue weighted by Crippen LogP contribution is 2.38. The predicted octanol–water partition coefficient (Wildman–Crippen LogP) is 4.53. The number of Topliss-reactive ketones (excluding diaryl/α,β-unsaturated/α-hetero) is 4. The molecule has 4 aliphatic rings. The molecule has 0 spiro atoms. The molecule has 2 bridgehead atoms. The van der Waals surface area contributed by atoms with Gasteiger partial charge in [0.2, 0.25) is 5.79 Å². The first kappa shape index (κ1) is 65.0. The number of hydrogen-bond acceptors (Lipinski definition) is 17. The summed E-state index contributed by atoms with van der Waals surface area (Å²) in [4.78, 5) is 92.1. The van der Waals surface area contributed by atoms with Crippen LogP contribution >= 0.6 is 0 Å². The first-order chi connectivity index (χ1) is 35.3. The average molecular weight is 1060 g/mol. The normalized spacial score (nSPS) is 36.7. The van der Waals surface area contributed by atoms with E-state index < -0.39 is 108 Å². The van der Waals surface area contributed by atoms with Crippen LogP contribution in [0.2, 0.25) is 0 Å². The average Bonchev–Trinajstić information content (AvgIpc) is 3.38. The quantitative estimate of drug-likeness (QED) is 0.0995. The van der Waals surface area contributed by atoms with Crippen LogP contribution in [0.3, 0.4) is 0 Å². The number of carbonyl (C=O) groups is 7. The third-order valence-electron chi connectivity index (χ3n) is 15.4. The van der Waals surface area contributed by atoms with E-state index in [1.807, 2.05) is 58.1 Å². The lowest BCUT2D eigenvalue weighted by Crippen LogP contribution is -2.61. The summed E-state index contributed by atoms with van der Waals surface area (Å²) in [7, 11) is 4.52. The molecule has 19 heteroatoms. The second kappa shape index (κ2) is 31.2. The lowest BCUT2D eigenvalue weighted by molar-refractivity contribution is -0.265. The number of nitrogens with zero attached hydrogens (tertiary/aromatic N) is 1. The van der Waals surface area contributed by atoms with Crippen LogP contribution in [-0.4, -0.2) is 166 Å². The molecule has 16 atom stereocenters. The van der Waals surface area contributed by atoms with Crippen molar-refractivity contribution in [1.82, 2.24) is 4.90 Å². The van der Waals surface area contributed by atoms with Gasteiger partial charge in [-0.15, -0.1) is 0 Å². The lowest BCUT2D eigenvalue weighted by Gasteiger charge is -2.42. The van der Waals surface area contributed by atoms with Crippen LogP contribution in [-0.2, 0) is 57.2 Å². The summed E-state index contributed by atoms with van der Waals surface area (Å²) in [6, 6.07) is -2.33. The minimum absolute atomic E-state index is 0.0193. The smallest absolute Gasteiger partial charge is 0.329 e. The number of carboxylic acid groups (broad SMARTS) is 1. The first-order valence-corrected chi connectivity index (χ1v) is 26.6. The SMILES string of the molecule is CO[C@H]1C[C@@H]2CC[C@@H](C)[C@@](O)(O2)C(=O)C(=O)N2CCCC[C@H]2C(=O)O[C@H]([C@H](C)C[C@@H]2CC[C@@H](O)[C@H](OC)C2)CC(=O)[C@H](C)/C=C(\C)[C@@H](O)[C@@H](OC)C(=O)[C@H](C)C[C@H](C)/C=C/C=C/C=C/1C.N[C@@H](CC(=O)CO)C(=O)O. The minimum atomic E-state index is -2.43. The number of rotatable bonds is 10. The number of hydrogen-bond donors (Lipinski definition) is 6. The summed E-state index contributed by atoms with van der Waals surface area (Å²) in [6.45, 7) is 12.1. The van der Waals surface area contributed by atoms with Crippen molar-refractivity contribution in [3.8, 4) is 0 Å². The number of cyclic esters (lactones) is 1. The Hall–Kier alpha value is -4.31. The number of carboxylic acids is 1. The molecule has 0 aromatic heterocycles. The van der Waals surface area contributed by atoms with E-state index in [1.54, 1.807) is 41.1 Å². The molecule has 3 aliphatic heterocycles. The van der Waals surface area contributed by atoms with E-state index in [2.05, 4.69) is 0 Å². The van der Waals surface area contributed by atoms with Gasteiger partial charge in [0.05, 0.1) is 24.4 Å². The van der Waals surface area contributed by atoms with E-state index in [9.17, 15) is 48.9 Å². The third-order valence-corrected chi connectivity index (χ3v) is 15.4. The number of piperidine rings is 1. The van der Waals surface area contributed by atoms with Crippen molar-refractivity contribution < 1.29 is 82.8 Å². The maximum atomic E-state index is 14.4. The highest BCUT2D eigenvalue weighted by Gasteiger charge is 2.53. The van der Waals surface area contributed by atoms with Gasteiger partial charge in [0.15, 0.2) is 11.6 Å². The van der Waals surface area contributed by atoms with Gasteiger partial charge < -0.3 is 59.9 Å². The monoisotopic (exact) mass is 1060 g/mol. The molecule has 3 fully saturated rings. The molecular weight excluding hydrogens is 973 g/mol. The van der Waals surface area contributed by atoms with Crippen molar-refractivity contribution in [2.45, 2.75) is 193 Å². The number of methoxy groups -OCH3 is 3. The molecule has 1 amide bonds. The van der Waals surface area contributed by atoms with E-state index >= 15 is 0 Å². The highest BCUT2D eigenvalue weighted by molar-refractivity contribution is 6.39. The molecule has 3 heterocycles. The number of nitrogens with two attached hydrogens (primary N) is 1. The minimum Gasteiger partial charge on any atom is -0.480 e. The van der Waals surface area contributed by atoms with Crippen molar-refractivity contribution in [2.75, 3.05) is 34.5 Å². The molecule has 0 aromatic carbocycles. The van der Waals surface area contributed by atoms with Crippen LogP contribution in [0.4, 0.5) is 0 Å². The van der Waals surface area contributed by atoms with Gasteiger partial charge in [-0.1, -0.05) is 71.1 Å². The lowest BCUT2D eigenvalue weighted by atomic mass is 9.78. The van der Waals surface area contributed by atoms with Crippen molar-refractivity contribution in [3.05, 3.63) is 47.6 Å². The molecule has 4 rings (SSSR count). The number of allylic oxidation sites excluding steroid dienone is 6. The number of carbonyl (C=O) groups excluding carboxylic acids is 6. The van der Waals surface area contributed by atoms with Crippen LogP contribution in [0.15, 0.2) is 47.6 Å². The van der Waals surface area contributed by atoms with Crippen LogP contribution in [0.1, 0.15) is 132 Å². The third kappa shape index (κ3) is 19.0. The molecule has 0 radical (unpaired) electrons. The van der Waals surface area contributed by atoms with Gasteiger partial charge in [0.1, 0.15) is 42.8 Å². The molecule has 0 unspecified atom stereocenters. The number of amides is 1. The van der Waals surface area contributed by atoms with Gasteiger partial charge in [0, 0.05) is 64.9 Å². The second-order valence-corrected chi connectivity index (χ2v) is 21.4. The van der Waals surface area contributed by atoms with Crippen LogP contribution in [0.5, 0.6) is 0 Å². The molecule has 19 nitrogen and oxygen atoms in total. The van der Waals surface area contributed by atoms with E-state index in [0.717, 1.165) is 12.0 Å². The number of aliphatic hydroxyl groups excluding tert-OH is 3. The Labute approximate surface area is 443 Å². The number of aliphatic hydroxyl groups is 4. The Morgan fingerprint density at radius 2 is 1.57 bits per heavy atom. The summed E-state index contributed by atoms with van der Waals surface area (Å²) < 4.78 is 29.4. The van der Waals surface area contributed by atoms with Gasteiger partial charge >= 0.3 is 11.9 Å². The zero-order chi connectivity index (χ0) is 56.3. The topological polar surface area (TPSA) is 296 Å². The zero-order valence-electron chi connectivity index (χ0n) is 45.9. The van der Waals surface area contributed by atoms with E-state index in [0.29, 0.717) is 63.4 Å². The molecule has 0 aromatic rings. The Bertz CT molecular complexity index is 2050. The number of ether oxygens (including phenoxy) is 5. The second-order valence-electron chi connectivity index (χ2n) is 21.4. The summed E-state index contributed by atoms with van der Waals surface area (Å²) in [5.41, 5.74) is 6.23. The largest absolute Gasteiger partial charge is 0.480 e. The molecular formula is C56H88N2O17. The Morgan fingerprint density at radius 1 is 0.880 bits per heavy atom. The number of fused-ring (bicyclic) bond motifs is 3. The molecule has 7 N–H and O–H groups in total. The fourth-order valence-electron chi connectivity index (χ4n) is 10.5. The van der Waals surface area contributed by atoms with Crippen LogP contribution in [0.25, 0.3) is 0 Å². The predicted molar refractivity (Wildman–Crippen MR) is 277 cm³/mol. The summed E-state index contributed by atoms with van der Waals surface area (Å²) >= 11 is 0. The fraction of sp³-hybridized carbons (Fsp3) is 0.732. The summed E-state index contributed by atoms with van der Waals surface area (Å²) in [6.07, 6.45) is 10.9. The van der Waals surface area contributed by atoms with Gasteiger partial charge in [0.25, 0.3) is 11.7 Å². The Morgan fingerprint density at radius 3 is 2.20 bits per heavy atom.